The fraction of sp³-hybridized carbons (Fsp3) is 0.273. The number of nitriles is 1. The van der Waals surface area contributed by atoms with Gasteiger partial charge < -0.3 is 5.73 Å². The molecule has 1 aromatic rings. The monoisotopic (exact) mass is 260 g/mol. The van der Waals surface area contributed by atoms with Gasteiger partial charge in [0.1, 0.15) is 5.82 Å². The van der Waals surface area contributed by atoms with E-state index in [0.717, 1.165) is 6.07 Å². The van der Waals surface area contributed by atoms with E-state index in [1.165, 1.54) is 0 Å². The number of carbonyl (C=O) groups excluding carboxylic acids is 1. The zero-order valence-electron chi connectivity index (χ0n) is 9.01. The Morgan fingerprint density at radius 1 is 1.39 bits per heavy atom. The second-order valence-electron chi connectivity index (χ2n) is 3.48. The van der Waals surface area contributed by atoms with Gasteiger partial charge >= 0.3 is 6.18 Å². The molecule has 0 fully saturated rings. The van der Waals surface area contributed by atoms with E-state index in [9.17, 15) is 22.4 Å². The first kappa shape index (κ1) is 14.0. The fourth-order valence-corrected chi connectivity index (χ4v) is 1.48. The highest BCUT2D eigenvalue weighted by Crippen LogP contribution is 2.34. The third kappa shape index (κ3) is 2.77. The van der Waals surface area contributed by atoms with Crippen LogP contribution in [-0.2, 0) is 12.6 Å². The normalized spacial score (nSPS) is 11.1. The lowest BCUT2D eigenvalue weighted by Crippen LogP contribution is -2.21. The van der Waals surface area contributed by atoms with Crippen LogP contribution in [0.5, 0.6) is 0 Å². The van der Waals surface area contributed by atoms with Gasteiger partial charge in [0.25, 0.3) is 5.91 Å². The van der Waals surface area contributed by atoms with Crippen molar-refractivity contribution in [2.24, 2.45) is 5.73 Å². The molecule has 7 heteroatoms. The minimum atomic E-state index is -4.86. The largest absolute Gasteiger partial charge is 0.417 e. The second-order valence-corrected chi connectivity index (χ2v) is 3.48. The van der Waals surface area contributed by atoms with Crippen molar-refractivity contribution in [3.63, 3.8) is 0 Å². The number of primary amides is 1. The Kier molecular flexibility index (Phi) is 3.91. The maximum atomic E-state index is 13.7. The first-order valence-electron chi connectivity index (χ1n) is 4.84. The molecule has 0 aliphatic carbocycles. The van der Waals surface area contributed by atoms with Gasteiger partial charge in [0, 0.05) is 6.42 Å². The van der Waals surface area contributed by atoms with Gasteiger partial charge in [-0.3, -0.25) is 4.79 Å². The number of nitrogens with zero attached hydrogens (tertiary/aromatic N) is 1. The molecule has 0 radical (unpaired) electrons. The number of hydrogen-bond donors (Lipinski definition) is 1. The molecule has 1 rings (SSSR count). The van der Waals surface area contributed by atoms with Gasteiger partial charge in [-0.15, -0.1) is 0 Å². The van der Waals surface area contributed by atoms with Crippen LogP contribution in [0.25, 0.3) is 0 Å². The molecule has 0 spiro atoms. The molecule has 2 N–H and O–H groups in total. The first-order valence-corrected chi connectivity index (χ1v) is 4.84. The molecule has 3 nitrogen and oxygen atoms in total. The third-order valence-electron chi connectivity index (χ3n) is 2.28. The number of amides is 1. The summed E-state index contributed by atoms with van der Waals surface area (Å²) >= 11 is 0. The van der Waals surface area contributed by atoms with Crippen molar-refractivity contribution in [1.29, 1.82) is 5.26 Å². The van der Waals surface area contributed by atoms with Gasteiger partial charge in [0.15, 0.2) is 0 Å². The maximum Gasteiger partial charge on any atom is 0.417 e. The van der Waals surface area contributed by atoms with E-state index in [-0.39, 0.29) is 18.4 Å². The lowest BCUT2D eigenvalue weighted by atomic mass is 9.99. The van der Waals surface area contributed by atoms with Crippen LogP contribution in [-0.4, -0.2) is 5.91 Å². The molecular weight excluding hydrogens is 252 g/mol. The number of benzene rings is 1. The van der Waals surface area contributed by atoms with Crippen LogP contribution >= 0.6 is 0 Å². The zero-order valence-corrected chi connectivity index (χ0v) is 9.01. The molecule has 0 heterocycles. The van der Waals surface area contributed by atoms with Crippen molar-refractivity contribution in [2.45, 2.75) is 19.0 Å². The van der Waals surface area contributed by atoms with Crippen LogP contribution in [0.15, 0.2) is 12.1 Å². The van der Waals surface area contributed by atoms with Gasteiger partial charge in [-0.05, 0) is 18.1 Å². The molecule has 1 aromatic carbocycles. The van der Waals surface area contributed by atoms with Crippen molar-refractivity contribution in [2.75, 3.05) is 0 Å². The summed E-state index contributed by atoms with van der Waals surface area (Å²) in [5.74, 6) is -2.80. The minimum absolute atomic E-state index is 0.0690. The first-order chi connectivity index (χ1) is 8.29. The Labute approximate surface area is 99.8 Å². The highest BCUT2D eigenvalue weighted by atomic mass is 19.4. The van der Waals surface area contributed by atoms with Crippen LogP contribution in [0.2, 0.25) is 0 Å². The van der Waals surface area contributed by atoms with Crippen LogP contribution in [0.3, 0.4) is 0 Å². The van der Waals surface area contributed by atoms with Crippen molar-refractivity contribution in [1.82, 2.24) is 0 Å². The van der Waals surface area contributed by atoms with Crippen LogP contribution < -0.4 is 5.73 Å². The Hall–Kier alpha value is -2.10. The number of aryl methyl sites for hydroxylation is 1. The van der Waals surface area contributed by atoms with Crippen molar-refractivity contribution < 1.29 is 22.4 Å². The number of nitrogens with two attached hydrogens (primary N) is 1. The summed E-state index contributed by atoms with van der Waals surface area (Å²) in [5.41, 5.74) is 2.03. The standard InChI is InChI=1S/C11H8F4N2O/c12-9-6(2-1-5-16)3-4-7(11(13,14)15)8(9)10(17)18/h3-4H,1-2H2,(H2,17,18). The SMILES string of the molecule is N#CCCc1ccc(C(F)(F)F)c(C(N)=O)c1F. The molecule has 0 aromatic heterocycles. The summed E-state index contributed by atoms with van der Waals surface area (Å²) in [6, 6.07) is 3.23. The number of halogens is 4. The Bertz CT molecular complexity index is 517. The average molecular weight is 260 g/mol. The summed E-state index contributed by atoms with van der Waals surface area (Å²) in [6.07, 6.45) is -5.01. The van der Waals surface area contributed by atoms with E-state index in [4.69, 9.17) is 11.0 Å². The Balaban J connectivity index is 3.39. The highest BCUT2D eigenvalue weighted by Gasteiger charge is 2.36. The molecular formula is C11H8F4N2O. The van der Waals surface area contributed by atoms with E-state index < -0.39 is 29.0 Å². The number of rotatable bonds is 3. The van der Waals surface area contributed by atoms with Gasteiger partial charge in [0.2, 0.25) is 0 Å². The summed E-state index contributed by atoms with van der Waals surface area (Å²) in [7, 11) is 0. The van der Waals surface area contributed by atoms with Crippen molar-refractivity contribution >= 4 is 5.91 Å². The van der Waals surface area contributed by atoms with Crippen molar-refractivity contribution in [3.05, 3.63) is 34.6 Å². The molecule has 0 aliphatic heterocycles. The van der Waals surface area contributed by atoms with E-state index in [1.54, 1.807) is 6.07 Å². The smallest absolute Gasteiger partial charge is 0.365 e. The number of alkyl halides is 3. The quantitative estimate of drug-likeness (QED) is 0.848. The molecule has 0 bridgehead atoms. The molecule has 0 atom stereocenters. The lowest BCUT2D eigenvalue weighted by molar-refractivity contribution is -0.138. The van der Waals surface area contributed by atoms with E-state index in [1.807, 2.05) is 0 Å². The molecule has 0 saturated carbocycles. The van der Waals surface area contributed by atoms with Gasteiger partial charge in [-0.2, -0.15) is 18.4 Å². The summed E-state index contributed by atoms with van der Waals surface area (Å²) in [6.45, 7) is 0. The van der Waals surface area contributed by atoms with Crippen LogP contribution in [0.1, 0.15) is 27.9 Å². The predicted molar refractivity (Wildman–Crippen MR) is 53.9 cm³/mol. The van der Waals surface area contributed by atoms with Gasteiger partial charge in [0.05, 0.1) is 17.2 Å². The van der Waals surface area contributed by atoms with Crippen LogP contribution in [0.4, 0.5) is 17.6 Å². The Morgan fingerprint density at radius 3 is 2.44 bits per heavy atom. The van der Waals surface area contributed by atoms with E-state index >= 15 is 0 Å². The minimum Gasteiger partial charge on any atom is -0.365 e. The third-order valence-corrected chi connectivity index (χ3v) is 2.28. The summed E-state index contributed by atoms with van der Waals surface area (Å²) in [4.78, 5) is 10.9. The summed E-state index contributed by atoms with van der Waals surface area (Å²) in [5, 5.41) is 8.34. The van der Waals surface area contributed by atoms with Gasteiger partial charge in [-0.25, -0.2) is 4.39 Å². The second kappa shape index (κ2) is 5.04. The number of hydrogen-bond acceptors (Lipinski definition) is 2. The molecule has 0 unspecified atom stereocenters. The molecule has 18 heavy (non-hydrogen) atoms. The number of carbonyl (C=O) groups is 1. The maximum absolute atomic E-state index is 13.7. The predicted octanol–water partition coefficient (Wildman–Crippen LogP) is 2.40. The summed E-state index contributed by atoms with van der Waals surface area (Å²) < 4.78 is 51.4. The topological polar surface area (TPSA) is 66.9 Å². The molecule has 1 amide bonds. The molecule has 0 aliphatic rings. The molecule has 0 saturated heterocycles. The highest BCUT2D eigenvalue weighted by molar-refractivity contribution is 5.95. The molecule has 96 valence electrons. The van der Waals surface area contributed by atoms with Crippen LogP contribution in [0, 0.1) is 17.1 Å². The Morgan fingerprint density at radius 2 is 2.00 bits per heavy atom. The van der Waals surface area contributed by atoms with Gasteiger partial charge in [-0.1, -0.05) is 6.07 Å². The zero-order chi connectivity index (χ0) is 13.9. The average Bonchev–Trinajstić information content (AvgIpc) is 2.25. The lowest BCUT2D eigenvalue weighted by Gasteiger charge is -2.13. The fourth-order valence-electron chi connectivity index (χ4n) is 1.48. The van der Waals surface area contributed by atoms with E-state index in [0.29, 0.717) is 6.07 Å². The van der Waals surface area contributed by atoms with Crippen molar-refractivity contribution in [3.8, 4) is 6.07 Å². The van der Waals surface area contributed by atoms with E-state index in [2.05, 4.69) is 0 Å².